The molecule has 0 spiro atoms. The van der Waals surface area contributed by atoms with E-state index in [2.05, 4.69) is 15.3 Å². The van der Waals surface area contributed by atoms with Crippen LogP contribution in [0, 0.1) is 0 Å². The summed E-state index contributed by atoms with van der Waals surface area (Å²) in [5, 5.41) is 13.5. The second kappa shape index (κ2) is 7.64. The topological polar surface area (TPSA) is 75.1 Å². The molecule has 1 fully saturated rings. The average Bonchev–Trinajstić information content (AvgIpc) is 2.74. The van der Waals surface area contributed by atoms with Crippen molar-refractivity contribution in [1.29, 1.82) is 0 Å². The Morgan fingerprint density at radius 2 is 1.95 bits per heavy atom. The zero-order valence-corrected chi connectivity index (χ0v) is 13.5. The molecule has 1 heterocycles. The summed E-state index contributed by atoms with van der Waals surface area (Å²) in [6.45, 7) is 1.92. The molecular formula is C15H23N3O2S. The lowest BCUT2D eigenvalue weighted by atomic mass is 10.1. The Kier molecular flexibility index (Phi) is 5.85. The molecule has 0 atom stereocenters. The summed E-state index contributed by atoms with van der Waals surface area (Å²) < 4.78 is 0. The zero-order valence-electron chi connectivity index (χ0n) is 12.7. The Bertz CT molecular complexity index is 500. The van der Waals surface area contributed by atoms with Crippen LogP contribution in [-0.4, -0.2) is 33.3 Å². The van der Waals surface area contributed by atoms with Crippen LogP contribution in [0.15, 0.2) is 5.16 Å². The first-order valence-electron chi connectivity index (χ1n) is 7.60. The van der Waals surface area contributed by atoms with Crippen molar-refractivity contribution in [3.05, 3.63) is 11.3 Å². The number of aromatic nitrogens is 2. The van der Waals surface area contributed by atoms with Gasteiger partial charge in [-0.2, -0.15) is 0 Å². The number of rotatable bonds is 5. The minimum atomic E-state index is -0.948. The van der Waals surface area contributed by atoms with Gasteiger partial charge in [0.1, 0.15) is 11.4 Å². The standard InChI is InChI=1S/C15H23N3O2S/c1-3-11-12(14(19)20)13(18-15(17-11)21-2)16-10-8-6-4-5-7-9-10/h10H,3-9H2,1-2H3,(H,19,20)(H,16,17,18). The quantitative estimate of drug-likeness (QED) is 0.492. The first-order chi connectivity index (χ1) is 10.2. The van der Waals surface area contributed by atoms with Gasteiger partial charge in [0.15, 0.2) is 5.16 Å². The first kappa shape index (κ1) is 16.1. The van der Waals surface area contributed by atoms with E-state index in [1.165, 1.54) is 37.4 Å². The Morgan fingerprint density at radius 3 is 2.48 bits per heavy atom. The van der Waals surface area contributed by atoms with Crippen LogP contribution in [0.4, 0.5) is 5.82 Å². The monoisotopic (exact) mass is 309 g/mol. The third-order valence-electron chi connectivity index (χ3n) is 3.89. The van der Waals surface area contributed by atoms with E-state index in [1.807, 2.05) is 13.2 Å². The predicted molar refractivity (Wildman–Crippen MR) is 85.3 cm³/mol. The number of thioether (sulfide) groups is 1. The van der Waals surface area contributed by atoms with Gasteiger partial charge in [0.05, 0.1) is 5.69 Å². The van der Waals surface area contributed by atoms with Gasteiger partial charge in [-0.25, -0.2) is 14.8 Å². The Morgan fingerprint density at radius 1 is 1.29 bits per heavy atom. The minimum absolute atomic E-state index is 0.236. The van der Waals surface area contributed by atoms with E-state index in [0.717, 1.165) is 12.8 Å². The number of nitrogens with one attached hydrogen (secondary N) is 1. The second-order valence-electron chi connectivity index (χ2n) is 5.37. The van der Waals surface area contributed by atoms with E-state index in [1.54, 1.807) is 0 Å². The van der Waals surface area contributed by atoms with Gasteiger partial charge in [0.2, 0.25) is 0 Å². The van der Waals surface area contributed by atoms with Gasteiger partial charge < -0.3 is 10.4 Å². The van der Waals surface area contributed by atoms with Crippen molar-refractivity contribution in [3.63, 3.8) is 0 Å². The van der Waals surface area contributed by atoms with E-state index in [4.69, 9.17) is 0 Å². The summed E-state index contributed by atoms with van der Waals surface area (Å²) in [5.74, 6) is -0.457. The molecule has 0 saturated heterocycles. The summed E-state index contributed by atoms with van der Waals surface area (Å²) >= 11 is 1.44. The molecule has 1 aromatic rings. The maximum absolute atomic E-state index is 11.6. The number of hydrogen-bond acceptors (Lipinski definition) is 5. The molecule has 0 aromatic carbocycles. The van der Waals surface area contributed by atoms with Crippen LogP contribution in [0.3, 0.4) is 0 Å². The van der Waals surface area contributed by atoms with Crippen molar-refractivity contribution in [3.8, 4) is 0 Å². The predicted octanol–water partition coefficient (Wildman–Crippen LogP) is 3.59. The van der Waals surface area contributed by atoms with E-state index >= 15 is 0 Å². The van der Waals surface area contributed by atoms with Crippen molar-refractivity contribution in [2.24, 2.45) is 0 Å². The van der Waals surface area contributed by atoms with Crippen LogP contribution in [0.5, 0.6) is 0 Å². The maximum Gasteiger partial charge on any atom is 0.341 e. The molecule has 2 N–H and O–H groups in total. The summed E-state index contributed by atoms with van der Waals surface area (Å²) in [6.07, 6.45) is 9.59. The number of carbonyl (C=O) groups is 1. The lowest BCUT2D eigenvalue weighted by Crippen LogP contribution is -2.22. The van der Waals surface area contributed by atoms with E-state index < -0.39 is 5.97 Å². The molecule has 0 aliphatic heterocycles. The molecule has 0 bridgehead atoms. The fourth-order valence-electron chi connectivity index (χ4n) is 2.78. The lowest BCUT2D eigenvalue weighted by Gasteiger charge is -2.19. The number of anilines is 1. The van der Waals surface area contributed by atoms with Gasteiger partial charge >= 0.3 is 5.97 Å². The number of carboxylic acid groups (broad SMARTS) is 1. The molecule has 1 aliphatic rings. The Hall–Kier alpha value is -1.30. The number of aromatic carboxylic acids is 1. The first-order valence-corrected chi connectivity index (χ1v) is 8.83. The van der Waals surface area contributed by atoms with Gasteiger partial charge in [-0.1, -0.05) is 44.4 Å². The van der Waals surface area contributed by atoms with E-state index in [9.17, 15) is 9.90 Å². The van der Waals surface area contributed by atoms with Crippen molar-refractivity contribution >= 4 is 23.5 Å². The van der Waals surface area contributed by atoms with Gasteiger partial charge in [0.25, 0.3) is 0 Å². The van der Waals surface area contributed by atoms with Crippen molar-refractivity contribution in [1.82, 2.24) is 9.97 Å². The van der Waals surface area contributed by atoms with E-state index in [0.29, 0.717) is 29.1 Å². The largest absolute Gasteiger partial charge is 0.477 e. The number of carboxylic acids is 1. The smallest absolute Gasteiger partial charge is 0.341 e. The summed E-state index contributed by atoms with van der Waals surface area (Å²) in [7, 11) is 0. The highest BCUT2D eigenvalue weighted by molar-refractivity contribution is 7.98. The zero-order chi connectivity index (χ0) is 15.2. The fourth-order valence-corrected chi connectivity index (χ4v) is 3.16. The molecular weight excluding hydrogens is 286 g/mol. The molecule has 116 valence electrons. The van der Waals surface area contributed by atoms with Crippen molar-refractivity contribution in [2.45, 2.75) is 63.1 Å². The molecule has 0 radical (unpaired) electrons. The summed E-state index contributed by atoms with van der Waals surface area (Å²) in [4.78, 5) is 20.3. The fraction of sp³-hybridized carbons (Fsp3) is 0.667. The van der Waals surface area contributed by atoms with Gasteiger partial charge in [0, 0.05) is 6.04 Å². The third kappa shape index (κ3) is 4.09. The molecule has 1 saturated carbocycles. The van der Waals surface area contributed by atoms with Crippen LogP contribution in [0.2, 0.25) is 0 Å². The highest BCUT2D eigenvalue weighted by Crippen LogP contribution is 2.25. The number of hydrogen-bond donors (Lipinski definition) is 2. The number of nitrogens with zero attached hydrogens (tertiary/aromatic N) is 2. The molecule has 1 aliphatic carbocycles. The maximum atomic E-state index is 11.6. The molecule has 6 heteroatoms. The SMILES string of the molecule is CCc1nc(SC)nc(NC2CCCCCC2)c1C(=O)O. The Labute approximate surface area is 130 Å². The van der Waals surface area contributed by atoms with Crippen LogP contribution >= 0.6 is 11.8 Å². The van der Waals surface area contributed by atoms with Crippen LogP contribution in [0.1, 0.15) is 61.5 Å². The van der Waals surface area contributed by atoms with Crippen LogP contribution in [-0.2, 0) is 6.42 Å². The minimum Gasteiger partial charge on any atom is -0.477 e. The third-order valence-corrected chi connectivity index (χ3v) is 4.44. The van der Waals surface area contributed by atoms with Gasteiger partial charge in [-0.3, -0.25) is 0 Å². The summed E-state index contributed by atoms with van der Waals surface area (Å²) in [6, 6.07) is 0.319. The number of aryl methyl sites for hydroxylation is 1. The molecule has 0 amide bonds. The Balaban J connectivity index is 2.32. The van der Waals surface area contributed by atoms with Crippen LogP contribution < -0.4 is 5.32 Å². The lowest BCUT2D eigenvalue weighted by molar-refractivity contribution is 0.0695. The van der Waals surface area contributed by atoms with Gasteiger partial charge in [-0.15, -0.1) is 0 Å². The molecule has 5 nitrogen and oxygen atoms in total. The molecule has 0 unspecified atom stereocenters. The van der Waals surface area contributed by atoms with Crippen LogP contribution in [0.25, 0.3) is 0 Å². The molecule has 1 aromatic heterocycles. The highest BCUT2D eigenvalue weighted by Gasteiger charge is 2.22. The highest BCUT2D eigenvalue weighted by atomic mass is 32.2. The van der Waals surface area contributed by atoms with E-state index in [-0.39, 0.29) is 5.56 Å². The normalized spacial score (nSPS) is 16.5. The second-order valence-corrected chi connectivity index (χ2v) is 6.15. The van der Waals surface area contributed by atoms with Crippen molar-refractivity contribution in [2.75, 3.05) is 11.6 Å². The van der Waals surface area contributed by atoms with Crippen molar-refractivity contribution < 1.29 is 9.90 Å². The molecule has 21 heavy (non-hydrogen) atoms. The molecule has 2 rings (SSSR count). The average molecular weight is 309 g/mol. The van der Waals surface area contributed by atoms with Gasteiger partial charge in [-0.05, 0) is 25.5 Å². The summed E-state index contributed by atoms with van der Waals surface area (Å²) in [5.41, 5.74) is 0.845.